The molecule has 1 aliphatic heterocycles. The van der Waals surface area contributed by atoms with Gasteiger partial charge in [-0.3, -0.25) is 0 Å². The van der Waals surface area contributed by atoms with Gasteiger partial charge in [0.1, 0.15) is 12.3 Å². The molecule has 0 saturated carbocycles. The van der Waals surface area contributed by atoms with Gasteiger partial charge in [-0.05, 0) is 42.9 Å². The summed E-state index contributed by atoms with van der Waals surface area (Å²) in [7, 11) is 0.711. The molecule has 0 spiro atoms. The van der Waals surface area contributed by atoms with Crippen molar-refractivity contribution in [3.63, 3.8) is 0 Å². The van der Waals surface area contributed by atoms with Gasteiger partial charge in [0, 0.05) is 5.56 Å². The van der Waals surface area contributed by atoms with Crippen LogP contribution in [0.25, 0.3) is 0 Å². The fourth-order valence-corrected chi connectivity index (χ4v) is 4.90. The zero-order valence-electron chi connectivity index (χ0n) is 14.3. The van der Waals surface area contributed by atoms with Crippen LogP contribution in [-0.4, -0.2) is 43.9 Å². The average molecular weight is 385 g/mol. The van der Waals surface area contributed by atoms with Crippen LogP contribution < -0.4 is 9.64 Å². The lowest BCUT2D eigenvalue weighted by atomic mass is 10.1. The van der Waals surface area contributed by atoms with Gasteiger partial charge < -0.3 is 14.1 Å². The lowest BCUT2D eigenvalue weighted by Crippen LogP contribution is -3.07. The molecule has 1 aliphatic rings. The van der Waals surface area contributed by atoms with E-state index < -0.39 is 9.84 Å². The van der Waals surface area contributed by atoms with E-state index >= 15 is 0 Å². The highest BCUT2D eigenvalue weighted by atomic mass is 32.2. The second kappa shape index (κ2) is 7.27. The highest BCUT2D eigenvalue weighted by Crippen LogP contribution is 2.27. The van der Waals surface area contributed by atoms with E-state index in [1.807, 2.05) is 31.3 Å². The Labute approximate surface area is 152 Å². The molecule has 1 fully saturated rings. The summed E-state index contributed by atoms with van der Waals surface area (Å²) in [6.07, 6.45) is 0.548. The van der Waals surface area contributed by atoms with Crippen LogP contribution in [0.4, 0.5) is 0 Å². The van der Waals surface area contributed by atoms with E-state index in [0.717, 1.165) is 12.3 Å². The number of nitrogens with zero attached hydrogens (tertiary/aromatic N) is 2. The largest absolute Gasteiger partial charge is 0.497 e. The first-order valence-corrected chi connectivity index (χ1v) is 10.3. The van der Waals surface area contributed by atoms with Gasteiger partial charge >= 0.3 is 0 Å². The predicted octanol–water partition coefficient (Wildman–Crippen LogP) is 0.789. The maximum atomic E-state index is 11.6. The number of quaternary nitrogens is 1. The summed E-state index contributed by atoms with van der Waals surface area (Å²) >= 11 is 5.24. The molecule has 0 amide bonds. The van der Waals surface area contributed by atoms with E-state index in [9.17, 15) is 8.42 Å². The van der Waals surface area contributed by atoms with Gasteiger partial charge in [-0.25, -0.2) is 8.42 Å². The minimum Gasteiger partial charge on any atom is -0.497 e. The number of aromatic nitrogens is 2. The number of hydrogen-bond acceptors (Lipinski definition) is 6. The molecule has 0 aliphatic carbocycles. The van der Waals surface area contributed by atoms with Crippen molar-refractivity contribution in [1.82, 2.24) is 9.78 Å². The molecule has 1 N–H and O–H groups in total. The number of methoxy groups -OCH3 is 1. The molecule has 0 radical (unpaired) electrons. The fourth-order valence-electron chi connectivity index (χ4n) is 2.98. The van der Waals surface area contributed by atoms with Crippen molar-refractivity contribution < 1.29 is 22.5 Å². The first kappa shape index (κ1) is 18.1. The number of rotatable bonds is 6. The van der Waals surface area contributed by atoms with Crippen LogP contribution in [-0.2, 0) is 23.1 Å². The minimum absolute atomic E-state index is 0.0941. The molecular formula is C16H22N3O4S2+. The Morgan fingerprint density at radius 3 is 2.72 bits per heavy atom. The molecule has 0 bridgehead atoms. The highest BCUT2D eigenvalue weighted by molar-refractivity contribution is 7.91. The van der Waals surface area contributed by atoms with Crippen LogP contribution in [0, 0.1) is 4.84 Å². The summed E-state index contributed by atoms with van der Waals surface area (Å²) in [6, 6.07) is 7.92. The van der Waals surface area contributed by atoms with Crippen molar-refractivity contribution in [1.29, 1.82) is 0 Å². The van der Waals surface area contributed by atoms with E-state index in [2.05, 4.69) is 5.10 Å². The zero-order valence-corrected chi connectivity index (χ0v) is 15.9. The molecule has 25 heavy (non-hydrogen) atoms. The molecule has 2 heterocycles. The molecule has 1 saturated heterocycles. The Kier molecular flexibility index (Phi) is 5.26. The molecule has 1 aromatic carbocycles. The van der Waals surface area contributed by atoms with Gasteiger partial charge in [0.05, 0.1) is 31.6 Å². The van der Waals surface area contributed by atoms with Gasteiger partial charge in [0.15, 0.2) is 16.5 Å². The van der Waals surface area contributed by atoms with E-state index in [1.165, 1.54) is 10.5 Å². The first-order valence-electron chi connectivity index (χ1n) is 8.09. The van der Waals surface area contributed by atoms with Crippen molar-refractivity contribution in [3.05, 3.63) is 40.6 Å². The normalized spacial score (nSPS) is 20.5. The number of hydrogen-bond donors (Lipinski definition) is 1. The SMILES string of the molecule is COc1ccc(C[NH+](C)Cn2nc([C@H]3CCS(=O)(=O)C3)oc2=S)cc1. The maximum Gasteiger partial charge on any atom is 0.291 e. The van der Waals surface area contributed by atoms with Crippen LogP contribution in [0.15, 0.2) is 28.7 Å². The molecule has 3 rings (SSSR count). The smallest absolute Gasteiger partial charge is 0.291 e. The Hall–Kier alpha value is -1.71. The molecule has 2 atom stereocenters. The van der Waals surface area contributed by atoms with Crippen LogP contribution in [0.1, 0.15) is 23.8 Å². The monoisotopic (exact) mass is 384 g/mol. The summed E-state index contributed by atoms with van der Waals surface area (Å²) < 4.78 is 35.6. The number of nitrogens with one attached hydrogen (secondary N) is 1. The number of sulfone groups is 1. The van der Waals surface area contributed by atoms with Gasteiger partial charge in [-0.1, -0.05) is 0 Å². The summed E-state index contributed by atoms with van der Waals surface area (Å²) in [5, 5.41) is 4.41. The van der Waals surface area contributed by atoms with Crippen molar-refractivity contribution in [2.75, 3.05) is 25.7 Å². The summed E-state index contributed by atoms with van der Waals surface area (Å²) in [5.41, 5.74) is 1.18. The van der Waals surface area contributed by atoms with Crippen molar-refractivity contribution >= 4 is 22.1 Å². The van der Waals surface area contributed by atoms with Gasteiger partial charge in [-0.2, -0.15) is 4.68 Å². The highest BCUT2D eigenvalue weighted by Gasteiger charge is 2.32. The quantitative estimate of drug-likeness (QED) is 0.742. The van der Waals surface area contributed by atoms with Gasteiger partial charge in [0.25, 0.3) is 4.84 Å². The van der Waals surface area contributed by atoms with Crippen LogP contribution in [0.3, 0.4) is 0 Å². The zero-order chi connectivity index (χ0) is 18.0. The second-order valence-electron chi connectivity index (χ2n) is 6.45. The Morgan fingerprint density at radius 2 is 2.12 bits per heavy atom. The maximum absolute atomic E-state index is 11.6. The Morgan fingerprint density at radius 1 is 1.40 bits per heavy atom. The Bertz CT molecular complexity index is 887. The lowest BCUT2D eigenvalue weighted by molar-refractivity contribution is -0.917. The Balaban J connectivity index is 1.65. The van der Waals surface area contributed by atoms with E-state index in [-0.39, 0.29) is 22.3 Å². The van der Waals surface area contributed by atoms with Crippen molar-refractivity contribution in [2.45, 2.75) is 25.6 Å². The average Bonchev–Trinajstić information content (AvgIpc) is 3.11. The molecule has 2 aromatic rings. The second-order valence-corrected chi connectivity index (χ2v) is 9.02. The van der Waals surface area contributed by atoms with E-state index in [0.29, 0.717) is 19.0 Å². The van der Waals surface area contributed by atoms with Crippen molar-refractivity contribution in [2.24, 2.45) is 0 Å². The third-order valence-electron chi connectivity index (χ3n) is 4.29. The summed E-state index contributed by atoms with van der Waals surface area (Å²) in [5.74, 6) is 1.36. The minimum atomic E-state index is -2.98. The topological polar surface area (TPSA) is 78.8 Å². The number of ether oxygens (including phenoxy) is 1. The standard InChI is InChI=1S/C16H21N3O4S2/c1-18(9-12-3-5-14(22-2)6-4-12)11-19-16(24)23-15(17-19)13-7-8-25(20,21)10-13/h3-6,13H,7-11H2,1-2H3/p+1/t13-/m0/s1. The molecule has 136 valence electrons. The first-order chi connectivity index (χ1) is 11.9. The fraction of sp³-hybridized carbons (Fsp3) is 0.500. The van der Waals surface area contributed by atoms with E-state index in [4.69, 9.17) is 21.4 Å². The van der Waals surface area contributed by atoms with Crippen LogP contribution in [0.2, 0.25) is 0 Å². The van der Waals surface area contributed by atoms with Gasteiger partial charge in [-0.15, -0.1) is 5.10 Å². The molecule has 7 nitrogen and oxygen atoms in total. The molecule has 9 heteroatoms. The van der Waals surface area contributed by atoms with Gasteiger partial charge in [0.2, 0.25) is 5.89 Å². The third kappa shape index (κ3) is 4.47. The van der Waals surface area contributed by atoms with Crippen LogP contribution >= 0.6 is 12.2 Å². The third-order valence-corrected chi connectivity index (χ3v) is 6.35. The van der Waals surface area contributed by atoms with Crippen molar-refractivity contribution in [3.8, 4) is 5.75 Å². The van der Waals surface area contributed by atoms with E-state index in [1.54, 1.807) is 11.8 Å². The lowest BCUT2D eigenvalue weighted by Gasteiger charge is -2.13. The summed E-state index contributed by atoms with van der Waals surface area (Å²) in [4.78, 5) is 1.47. The summed E-state index contributed by atoms with van der Waals surface area (Å²) in [6.45, 7) is 1.35. The number of benzene rings is 1. The molecule has 1 unspecified atom stereocenters. The van der Waals surface area contributed by atoms with Crippen LogP contribution in [0.5, 0.6) is 5.75 Å². The molecule has 1 aromatic heterocycles. The molecular weight excluding hydrogens is 362 g/mol. The predicted molar refractivity (Wildman–Crippen MR) is 94.9 cm³/mol.